The summed E-state index contributed by atoms with van der Waals surface area (Å²) in [6.07, 6.45) is 4.53. The van der Waals surface area contributed by atoms with Gasteiger partial charge in [-0.1, -0.05) is 74.7 Å². The van der Waals surface area contributed by atoms with E-state index in [1.54, 1.807) is 54.6 Å². The summed E-state index contributed by atoms with van der Waals surface area (Å²) in [5.41, 5.74) is 12.1. The molecule has 0 saturated carbocycles. The van der Waals surface area contributed by atoms with Crippen molar-refractivity contribution >= 4 is 59.2 Å². The minimum Gasteiger partial charge on any atom is -0.461 e. The molecule has 72 heavy (non-hydrogen) atoms. The van der Waals surface area contributed by atoms with Crippen LogP contribution in [0.3, 0.4) is 0 Å². The lowest BCUT2D eigenvalue weighted by atomic mass is 9.93. The number of nitrogens with zero attached hydrogens (tertiary/aromatic N) is 4. The van der Waals surface area contributed by atoms with Crippen molar-refractivity contribution < 1.29 is 62.4 Å². The number of guanidine groups is 1. The standard InChI is InChI=1S/C44H61N9O11.C5H6O3/c1-3-4-7-20-33(48-39(56)38(49-37(55)27-45)29(2)64-43(60)31-17-10-6-11-18-31)40(57)52-25-14-22-35(52)41(58)51-24-13-21-34(51)36(54)26-32(19-12-23-47-44(46)50-53(61)62)42(59)63-28-30-15-8-5-9-16-30;6-4-2-1-3-5(7)8-4/h5-6,8-11,15-18,29,32-35,38H,3-4,7,12-14,19-28,45H2,1-2H3,(H,48,56)(H,49,55)(H3,46,47,50);1-3H2. The summed E-state index contributed by atoms with van der Waals surface area (Å²) >= 11 is 0. The molecule has 23 heteroatoms. The predicted octanol–water partition coefficient (Wildman–Crippen LogP) is 2.16. The monoisotopic (exact) mass is 1010 g/mol. The molecule has 6 unspecified atom stereocenters. The second-order valence-corrected chi connectivity index (χ2v) is 17.6. The van der Waals surface area contributed by atoms with E-state index in [4.69, 9.17) is 20.9 Å². The van der Waals surface area contributed by atoms with Crippen LogP contribution >= 0.6 is 0 Å². The average Bonchev–Trinajstić information content (AvgIpc) is 4.07. The number of carbonyl (C=O) groups is 9. The predicted molar refractivity (Wildman–Crippen MR) is 258 cm³/mol. The number of esters is 4. The highest BCUT2D eigenvalue weighted by molar-refractivity contribution is 5.97. The number of nitrogens with two attached hydrogens (primary N) is 2. The summed E-state index contributed by atoms with van der Waals surface area (Å²) in [5.74, 6) is -6.14. The molecule has 3 fully saturated rings. The normalized spacial score (nSPS) is 18.2. The minimum absolute atomic E-state index is 0.0196. The van der Waals surface area contributed by atoms with Gasteiger partial charge in [-0.25, -0.2) is 14.9 Å². The molecule has 0 aromatic heterocycles. The fourth-order valence-corrected chi connectivity index (χ4v) is 8.49. The quantitative estimate of drug-likeness (QED) is 0.0147. The van der Waals surface area contributed by atoms with E-state index in [1.807, 2.05) is 13.0 Å². The number of carbonyl (C=O) groups excluding carboxylic acids is 9. The molecule has 3 aliphatic rings. The average molecular weight is 1010 g/mol. The largest absolute Gasteiger partial charge is 0.461 e. The molecular formula is C49H67N9O14. The van der Waals surface area contributed by atoms with Gasteiger partial charge in [0.2, 0.25) is 23.6 Å². The molecule has 4 amide bonds. The first-order valence-electron chi connectivity index (χ1n) is 24.4. The lowest BCUT2D eigenvalue weighted by Gasteiger charge is -2.34. The zero-order valence-corrected chi connectivity index (χ0v) is 40.8. The molecule has 0 spiro atoms. The molecule has 0 bridgehead atoms. The van der Waals surface area contributed by atoms with Crippen LogP contribution in [0.2, 0.25) is 0 Å². The van der Waals surface area contributed by atoms with E-state index >= 15 is 0 Å². The summed E-state index contributed by atoms with van der Waals surface area (Å²) in [4.78, 5) is 130. The second kappa shape index (κ2) is 29.8. The van der Waals surface area contributed by atoms with Crippen LogP contribution in [0.25, 0.3) is 0 Å². The van der Waals surface area contributed by atoms with E-state index < -0.39 is 89.3 Å². The molecule has 392 valence electrons. The third kappa shape index (κ3) is 18.5. The molecule has 0 aliphatic carbocycles. The Kier molecular flexibility index (Phi) is 23.7. The Bertz CT molecular complexity index is 2220. The Hall–Kier alpha value is -7.30. The van der Waals surface area contributed by atoms with Gasteiger partial charge in [0.15, 0.2) is 10.8 Å². The van der Waals surface area contributed by atoms with Gasteiger partial charge in [0.1, 0.15) is 35.9 Å². The zero-order chi connectivity index (χ0) is 52.6. The first kappa shape index (κ1) is 57.3. The molecule has 6 atom stereocenters. The highest BCUT2D eigenvalue weighted by Gasteiger charge is 2.44. The Morgan fingerprint density at radius 2 is 1.50 bits per heavy atom. The van der Waals surface area contributed by atoms with E-state index in [0.717, 1.165) is 18.4 Å². The summed E-state index contributed by atoms with van der Waals surface area (Å²) in [5, 5.41) is 20.6. The smallest absolute Gasteiger partial charge is 0.338 e. The Balaban J connectivity index is 0.00000127. The van der Waals surface area contributed by atoms with Gasteiger partial charge in [0.25, 0.3) is 5.96 Å². The summed E-state index contributed by atoms with van der Waals surface area (Å²) in [6.45, 7) is 3.57. The number of unbranched alkanes of at least 4 members (excludes halogenated alkanes) is 2. The van der Waals surface area contributed by atoms with Gasteiger partial charge in [0, 0.05) is 38.9 Å². The van der Waals surface area contributed by atoms with Crippen LogP contribution in [0.4, 0.5) is 0 Å². The van der Waals surface area contributed by atoms with Gasteiger partial charge >= 0.3 is 23.9 Å². The highest BCUT2D eigenvalue weighted by atomic mass is 16.7. The van der Waals surface area contributed by atoms with Crippen molar-refractivity contribution in [1.82, 2.24) is 25.8 Å². The van der Waals surface area contributed by atoms with Crippen molar-refractivity contribution in [2.24, 2.45) is 22.5 Å². The fourth-order valence-electron chi connectivity index (χ4n) is 8.49. The third-order valence-corrected chi connectivity index (χ3v) is 12.2. The van der Waals surface area contributed by atoms with Gasteiger partial charge in [-0.05, 0) is 76.0 Å². The number of hydrazone groups is 1. The number of nitrogens with one attached hydrogen (secondary N) is 3. The number of rotatable bonds is 24. The number of ketones is 1. The Labute approximate surface area is 417 Å². The number of ether oxygens (including phenoxy) is 3. The van der Waals surface area contributed by atoms with Crippen molar-refractivity contribution in [2.75, 3.05) is 26.2 Å². The number of cyclic esters (lactones) is 2. The third-order valence-electron chi connectivity index (χ3n) is 12.2. The molecule has 3 saturated heterocycles. The molecule has 23 nitrogen and oxygen atoms in total. The van der Waals surface area contributed by atoms with Crippen LogP contribution in [0.5, 0.6) is 0 Å². The summed E-state index contributed by atoms with van der Waals surface area (Å²) < 4.78 is 15.4. The van der Waals surface area contributed by atoms with Crippen LogP contribution in [0, 0.1) is 16.0 Å². The number of nitro groups is 1. The van der Waals surface area contributed by atoms with Crippen LogP contribution in [0.15, 0.2) is 65.8 Å². The van der Waals surface area contributed by atoms with Gasteiger partial charge < -0.3 is 51.4 Å². The number of Topliss-reactive ketones (excluding diaryl/α,β-unsaturated/α-hetero) is 1. The number of benzene rings is 2. The minimum atomic E-state index is -1.41. The molecule has 2 aromatic carbocycles. The molecule has 2 aromatic rings. The lowest BCUT2D eigenvalue weighted by Crippen LogP contribution is -2.60. The van der Waals surface area contributed by atoms with Crippen LogP contribution in [-0.4, -0.2) is 131 Å². The first-order valence-corrected chi connectivity index (χ1v) is 24.4. The SMILES string of the molecule is CCCCCC(NC(=O)C(NC(=O)CN)C(C)OC(=O)c1ccccc1)C(=O)N1CCCC1C(=O)N1CCCC1C(=O)CC(CCCNC(N)=N[N+](=O)[O-])C(=O)OCc1ccccc1.O=C1CCCC(=O)O1. The summed E-state index contributed by atoms with van der Waals surface area (Å²) in [6, 6.07) is 12.8. The number of hydrogen-bond donors (Lipinski definition) is 5. The van der Waals surface area contributed by atoms with E-state index in [9.17, 15) is 53.3 Å². The van der Waals surface area contributed by atoms with Crippen molar-refractivity contribution in [3.05, 3.63) is 81.9 Å². The fraction of sp³-hybridized carbons (Fsp3) is 0.551. The van der Waals surface area contributed by atoms with Crippen LogP contribution < -0.4 is 27.4 Å². The number of amides is 4. The van der Waals surface area contributed by atoms with Crippen LogP contribution in [-0.2, 0) is 59.2 Å². The van der Waals surface area contributed by atoms with Crippen molar-refractivity contribution in [3.63, 3.8) is 0 Å². The van der Waals surface area contributed by atoms with E-state index in [0.29, 0.717) is 51.4 Å². The molecule has 5 rings (SSSR count). The maximum Gasteiger partial charge on any atom is 0.338 e. The van der Waals surface area contributed by atoms with Gasteiger partial charge in [0.05, 0.1) is 24.1 Å². The first-order chi connectivity index (χ1) is 34.5. The van der Waals surface area contributed by atoms with Crippen LogP contribution in [0.1, 0.15) is 120 Å². The van der Waals surface area contributed by atoms with E-state index in [1.165, 1.54) is 16.7 Å². The highest BCUT2D eigenvalue weighted by Crippen LogP contribution is 2.29. The molecule has 0 radical (unpaired) electrons. The Morgan fingerprint density at radius 3 is 2.11 bits per heavy atom. The van der Waals surface area contributed by atoms with Crippen molar-refractivity contribution in [1.29, 1.82) is 0 Å². The maximum absolute atomic E-state index is 14.4. The Morgan fingerprint density at radius 1 is 0.861 bits per heavy atom. The number of hydrogen-bond acceptors (Lipinski definition) is 15. The van der Waals surface area contributed by atoms with Crippen molar-refractivity contribution in [2.45, 2.75) is 141 Å². The van der Waals surface area contributed by atoms with Gasteiger partial charge in [-0.2, -0.15) is 0 Å². The van der Waals surface area contributed by atoms with E-state index in [2.05, 4.69) is 25.8 Å². The lowest BCUT2D eigenvalue weighted by molar-refractivity contribution is -0.485. The van der Waals surface area contributed by atoms with Gasteiger partial charge in [-0.15, -0.1) is 0 Å². The van der Waals surface area contributed by atoms with Gasteiger partial charge in [-0.3, -0.25) is 38.4 Å². The maximum atomic E-state index is 14.4. The van der Waals surface area contributed by atoms with Crippen molar-refractivity contribution in [3.8, 4) is 0 Å². The summed E-state index contributed by atoms with van der Waals surface area (Å²) in [7, 11) is 0. The molecular weight excluding hydrogens is 939 g/mol. The number of likely N-dealkylation sites (tertiary alicyclic amines) is 2. The molecule has 7 N–H and O–H groups in total. The zero-order valence-electron chi connectivity index (χ0n) is 40.8. The molecule has 3 heterocycles. The molecule has 3 aliphatic heterocycles. The topological polar surface area (TPSA) is 331 Å². The van der Waals surface area contributed by atoms with E-state index in [-0.39, 0.29) is 75.2 Å². The second-order valence-electron chi connectivity index (χ2n) is 17.6.